The molecule has 0 aromatic heterocycles. The third-order valence-electron chi connectivity index (χ3n) is 3.05. The minimum Gasteiger partial charge on any atom is -0.494 e. The van der Waals surface area contributed by atoms with Crippen molar-refractivity contribution in [2.24, 2.45) is 4.99 Å². The SMILES string of the molecule is CCNC(=NCc1ccc(OCCCC(=O)OC)cc1)NCC.I. The number of nitrogens with zero attached hydrogens (tertiary/aromatic N) is 1. The predicted molar refractivity (Wildman–Crippen MR) is 107 cm³/mol. The van der Waals surface area contributed by atoms with Gasteiger partial charge in [-0.05, 0) is 38.0 Å². The van der Waals surface area contributed by atoms with Crippen molar-refractivity contribution in [2.75, 3.05) is 26.8 Å². The van der Waals surface area contributed by atoms with Gasteiger partial charge in [0.25, 0.3) is 0 Å². The lowest BCUT2D eigenvalue weighted by atomic mass is 10.2. The first kappa shape index (κ1) is 22.5. The van der Waals surface area contributed by atoms with Gasteiger partial charge in [-0.2, -0.15) is 0 Å². The molecule has 0 aliphatic heterocycles. The summed E-state index contributed by atoms with van der Waals surface area (Å²) in [5, 5.41) is 6.38. The molecule has 136 valence electrons. The Bertz CT molecular complexity index is 484. The molecule has 2 N–H and O–H groups in total. The van der Waals surface area contributed by atoms with E-state index in [0.29, 0.717) is 26.0 Å². The Balaban J connectivity index is 0.00000529. The number of esters is 1. The zero-order chi connectivity index (χ0) is 16.9. The Kier molecular flexibility index (Phi) is 13.0. The first-order valence-corrected chi connectivity index (χ1v) is 8.00. The molecule has 7 heteroatoms. The summed E-state index contributed by atoms with van der Waals surface area (Å²) in [4.78, 5) is 15.5. The van der Waals surface area contributed by atoms with Crippen molar-refractivity contribution in [3.05, 3.63) is 29.8 Å². The van der Waals surface area contributed by atoms with Crippen LogP contribution in [0.25, 0.3) is 0 Å². The van der Waals surface area contributed by atoms with Crippen molar-refractivity contribution >= 4 is 35.9 Å². The second-order valence-corrected chi connectivity index (χ2v) is 4.90. The van der Waals surface area contributed by atoms with Gasteiger partial charge in [0.05, 0.1) is 20.3 Å². The number of halogens is 1. The molecule has 0 saturated heterocycles. The van der Waals surface area contributed by atoms with Crippen molar-refractivity contribution in [3.8, 4) is 5.75 Å². The quantitative estimate of drug-likeness (QED) is 0.200. The van der Waals surface area contributed by atoms with Crippen LogP contribution >= 0.6 is 24.0 Å². The van der Waals surface area contributed by atoms with Gasteiger partial charge in [-0.25, -0.2) is 4.99 Å². The molecule has 0 radical (unpaired) electrons. The first-order valence-electron chi connectivity index (χ1n) is 8.00. The molecule has 0 heterocycles. The topological polar surface area (TPSA) is 72.0 Å². The Morgan fingerprint density at radius 1 is 1.12 bits per heavy atom. The number of nitrogens with one attached hydrogen (secondary N) is 2. The van der Waals surface area contributed by atoms with E-state index in [-0.39, 0.29) is 29.9 Å². The van der Waals surface area contributed by atoms with Gasteiger partial charge in [-0.1, -0.05) is 12.1 Å². The number of methoxy groups -OCH3 is 1. The van der Waals surface area contributed by atoms with Crippen LogP contribution < -0.4 is 15.4 Å². The van der Waals surface area contributed by atoms with E-state index in [9.17, 15) is 4.79 Å². The van der Waals surface area contributed by atoms with Crippen molar-refractivity contribution in [2.45, 2.75) is 33.2 Å². The lowest BCUT2D eigenvalue weighted by Crippen LogP contribution is -2.36. The van der Waals surface area contributed by atoms with Gasteiger partial charge in [0.1, 0.15) is 5.75 Å². The Hall–Kier alpha value is -1.51. The van der Waals surface area contributed by atoms with Crippen LogP contribution in [-0.2, 0) is 16.1 Å². The second kappa shape index (κ2) is 13.9. The molecular formula is C17H28IN3O3. The van der Waals surface area contributed by atoms with Gasteiger partial charge in [0.2, 0.25) is 0 Å². The van der Waals surface area contributed by atoms with Crippen LogP contribution in [0.3, 0.4) is 0 Å². The van der Waals surface area contributed by atoms with Crippen LogP contribution in [0.15, 0.2) is 29.3 Å². The van der Waals surface area contributed by atoms with Gasteiger partial charge >= 0.3 is 5.97 Å². The smallest absolute Gasteiger partial charge is 0.305 e. The molecule has 1 rings (SSSR count). The highest BCUT2D eigenvalue weighted by Gasteiger charge is 2.01. The van der Waals surface area contributed by atoms with Crippen molar-refractivity contribution in [1.82, 2.24) is 10.6 Å². The summed E-state index contributed by atoms with van der Waals surface area (Å²) >= 11 is 0. The summed E-state index contributed by atoms with van der Waals surface area (Å²) in [6.07, 6.45) is 1.02. The van der Waals surface area contributed by atoms with Crippen molar-refractivity contribution < 1.29 is 14.3 Å². The Morgan fingerprint density at radius 2 is 1.75 bits per heavy atom. The highest BCUT2D eigenvalue weighted by molar-refractivity contribution is 14.0. The molecule has 0 fully saturated rings. The van der Waals surface area contributed by atoms with Crippen LogP contribution in [0.1, 0.15) is 32.3 Å². The monoisotopic (exact) mass is 449 g/mol. The summed E-state index contributed by atoms with van der Waals surface area (Å²) in [5.41, 5.74) is 1.11. The van der Waals surface area contributed by atoms with Gasteiger partial charge in [-0.15, -0.1) is 24.0 Å². The highest BCUT2D eigenvalue weighted by atomic mass is 127. The number of ether oxygens (including phenoxy) is 2. The molecule has 0 aliphatic rings. The number of aliphatic imine (C=N–C) groups is 1. The van der Waals surface area contributed by atoms with E-state index in [1.165, 1.54) is 7.11 Å². The molecule has 0 bridgehead atoms. The fourth-order valence-electron chi connectivity index (χ4n) is 1.88. The molecular weight excluding hydrogens is 421 g/mol. The number of benzene rings is 1. The minimum absolute atomic E-state index is 0. The summed E-state index contributed by atoms with van der Waals surface area (Å²) in [6, 6.07) is 7.83. The van der Waals surface area contributed by atoms with Gasteiger partial charge < -0.3 is 20.1 Å². The van der Waals surface area contributed by atoms with Crippen LogP contribution in [0.2, 0.25) is 0 Å². The lowest BCUT2D eigenvalue weighted by molar-refractivity contribution is -0.140. The zero-order valence-electron chi connectivity index (χ0n) is 14.6. The van der Waals surface area contributed by atoms with Crippen LogP contribution in [0.5, 0.6) is 5.75 Å². The predicted octanol–water partition coefficient (Wildman–Crippen LogP) is 2.71. The van der Waals surface area contributed by atoms with Gasteiger partial charge in [0.15, 0.2) is 5.96 Å². The number of guanidine groups is 1. The largest absolute Gasteiger partial charge is 0.494 e. The van der Waals surface area contributed by atoms with E-state index >= 15 is 0 Å². The molecule has 0 spiro atoms. The standard InChI is InChI=1S/C17H27N3O3.HI/c1-4-18-17(19-5-2)20-13-14-8-10-15(11-9-14)23-12-6-7-16(21)22-3;/h8-11H,4-7,12-13H2,1-3H3,(H2,18,19,20);1H. The van der Waals surface area contributed by atoms with E-state index < -0.39 is 0 Å². The molecule has 0 aliphatic carbocycles. The van der Waals surface area contributed by atoms with E-state index in [1.807, 2.05) is 38.1 Å². The number of carbonyl (C=O) groups excluding carboxylic acids is 1. The van der Waals surface area contributed by atoms with E-state index in [4.69, 9.17) is 4.74 Å². The Labute approximate surface area is 161 Å². The summed E-state index contributed by atoms with van der Waals surface area (Å²) < 4.78 is 10.2. The normalized spacial score (nSPS) is 9.46. The Morgan fingerprint density at radius 3 is 2.29 bits per heavy atom. The third-order valence-corrected chi connectivity index (χ3v) is 3.05. The molecule has 24 heavy (non-hydrogen) atoms. The van der Waals surface area contributed by atoms with E-state index in [1.54, 1.807) is 0 Å². The molecule has 6 nitrogen and oxygen atoms in total. The summed E-state index contributed by atoms with van der Waals surface area (Å²) in [6.45, 7) is 6.86. The van der Waals surface area contributed by atoms with E-state index in [2.05, 4.69) is 20.4 Å². The summed E-state index contributed by atoms with van der Waals surface area (Å²) in [5.74, 6) is 1.40. The highest BCUT2D eigenvalue weighted by Crippen LogP contribution is 2.13. The van der Waals surface area contributed by atoms with Gasteiger partial charge in [-0.3, -0.25) is 4.79 Å². The molecule has 0 unspecified atom stereocenters. The summed E-state index contributed by atoms with van der Waals surface area (Å²) in [7, 11) is 1.39. The molecule has 0 atom stereocenters. The molecule has 0 amide bonds. The van der Waals surface area contributed by atoms with Crippen LogP contribution in [-0.4, -0.2) is 38.7 Å². The maximum Gasteiger partial charge on any atom is 0.305 e. The lowest BCUT2D eigenvalue weighted by Gasteiger charge is -2.09. The third kappa shape index (κ3) is 9.59. The van der Waals surface area contributed by atoms with Gasteiger partial charge in [0, 0.05) is 19.5 Å². The van der Waals surface area contributed by atoms with Crippen molar-refractivity contribution in [1.29, 1.82) is 0 Å². The second-order valence-electron chi connectivity index (χ2n) is 4.90. The van der Waals surface area contributed by atoms with Crippen LogP contribution in [0, 0.1) is 0 Å². The van der Waals surface area contributed by atoms with Crippen molar-refractivity contribution in [3.63, 3.8) is 0 Å². The number of hydrogen-bond acceptors (Lipinski definition) is 4. The fraction of sp³-hybridized carbons (Fsp3) is 0.529. The first-order chi connectivity index (χ1) is 11.2. The molecule has 0 saturated carbocycles. The fourth-order valence-corrected chi connectivity index (χ4v) is 1.88. The minimum atomic E-state index is -0.209. The molecule has 1 aromatic rings. The average molecular weight is 449 g/mol. The average Bonchev–Trinajstić information content (AvgIpc) is 2.57. The zero-order valence-corrected chi connectivity index (χ0v) is 17.0. The maximum absolute atomic E-state index is 11.0. The van der Waals surface area contributed by atoms with E-state index in [0.717, 1.165) is 30.4 Å². The number of carbonyl (C=O) groups is 1. The van der Waals surface area contributed by atoms with Crippen LogP contribution in [0.4, 0.5) is 0 Å². The maximum atomic E-state index is 11.0. The number of rotatable bonds is 9. The molecule has 1 aromatic carbocycles. The number of hydrogen-bond donors (Lipinski definition) is 2.